The molecule has 0 fully saturated rings. The molecular weight excluding hydrogens is 258 g/mol. The number of hydrogen-bond donors (Lipinski definition) is 2. The van der Waals surface area contributed by atoms with E-state index in [1.165, 1.54) is 6.20 Å². The van der Waals surface area contributed by atoms with Crippen molar-refractivity contribution in [1.29, 1.82) is 0 Å². The number of aliphatic hydroxyl groups is 1. The monoisotopic (exact) mass is 271 g/mol. The fourth-order valence-corrected chi connectivity index (χ4v) is 1.50. The summed E-state index contributed by atoms with van der Waals surface area (Å²) in [5, 5.41) is 15.0. The van der Waals surface area contributed by atoms with Gasteiger partial charge in [-0.05, 0) is 19.1 Å². The fourth-order valence-electron chi connectivity index (χ4n) is 1.50. The highest BCUT2D eigenvalue weighted by molar-refractivity contribution is 6.03. The zero-order valence-corrected chi connectivity index (χ0v) is 10.9. The van der Waals surface area contributed by atoms with Crippen LogP contribution in [-0.4, -0.2) is 27.8 Å². The minimum Gasteiger partial charge on any atom is -0.395 e. The first-order valence-corrected chi connectivity index (χ1v) is 6.00. The number of nitrogens with one attached hydrogen (secondary N) is 1. The van der Waals surface area contributed by atoms with Gasteiger partial charge < -0.3 is 14.9 Å². The summed E-state index contributed by atoms with van der Waals surface area (Å²) in [4.78, 5) is 16.1. The van der Waals surface area contributed by atoms with Crippen LogP contribution < -0.4 is 5.32 Å². The van der Waals surface area contributed by atoms with Gasteiger partial charge in [-0.2, -0.15) is 0 Å². The van der Waals surface area contributed by atoms with Crippen LogP contribution in [0.25, 0.3) is 0 Å². The van der Waals surface area contributed by atoms with Crippen LogP contribution in [0, 0.1) is 18.8 Å². The first kappa shape index (κ1) is 13.8. The number of hydrogen-bond acceptors (Lipinski definition) is 5. The summed E-state index contributed by atoms with van der Waals surface area (Å²) in [6.45, 7) is 1.71. The van der Waals surface area contributed by atoms with Gasteiger partial charge in [-0.25, -0.2) is 4.98 Å². The first-order chi connectivity index (χ1) is 9.70. The van der Waals surface area contributed by atoms with Crippen molar-refractivity contribution in [3.05, 3.63) is 41.4 Å². The smallest absolute Gasteiger partial charge is 0.276 e. The molecule has 20 heavy (non-hydrogen) atoms. The molecule has 0 aliphatic carbocycles. The maximum absolute atomic E-state index is 12.1. The van der Waals surface area contributed by atoms with Gasteiger partial charge in [-0.15, -0.1) is 0 Å². The predicted molar refractivity (Wildman–Crippen MR) is 72.0 cm³/mol. The second kappa shape index (κ2) is 6.50. The Morgan fingerprint density at radius 2 is 2.40 bits per heavy atom. The summed E-state index contributed by atoms with van der Waals surface area (Å²) in [6.07, 6.45) is 1.86. The van der Waals surface area contributed by atoms with Gasteiger partial charge in [0.15, 0.2) is 5.82 Å². The van der Waals surface area contributed by atoms with Gasteiger partial charge >= 0.3 is 0 Å². The van der Waals surface area contributed by atoms with Crippen LogP contribution >= 0.6 is 0 Å². The fraction of sp³-hybridized carbons (Fsp3) is 0.214. The van der Waals surface area contributed by atoms with Crippen molar-refractivity contribution in [3.8, 4) is 11.8 Å². The lowest BCUT2D eigenvalue weighted by Gasteiger charge is -2.02. The Bertz CT molecular complexity index is 668. The molecule has 0 unspecified atom stereocenters. The molecule has 0 aliphatic heterocycles. The Kier molecular flexibility index (Phi) is 4.47. The van der Waals surface area contributed by atoms with E-state index >= 15 is 0 Å². The number of carbonyl (C=O) groups is 1. The zero-order valence-electron chi connectivity index (χ0n) is 10.9. The molecule has 2 aromatic rings. The summed E-state index contributed by atoms with van der Waals surface area (Å²) < 4.78 is 4.87. The number of amides is 1. The molecular formula is C14H13N3O3. The van der Waals surface area contributed by atoms with E-state index in [4.69, 9.17) is 9.63 Å². The summed E-state index contributed by atoms with van der Waals surface area (Å²) in [5.74, 6) is 6.09. The van der Waals surface area contributed by atoms with Crippen LogP contribution in [0.2, 0.25) is 0 Å². The van der Waals surface area contributed by atoms with Crippen LogP contribution in [0.1, 0.15) is 28.2 Å². The van der Waals surface area contributed by atoms with Gasteiger partial charge in [-0.3, -0.25) is 4.79 Å². The Morgan fingerprint density at radius 1 is 1.55 bits per heavy atom. The number of nitrogens with zero attached hydrogens (tertiary/aromatic N) is 2. The maximum Gasteiger partial charge on any atom is 0.276 e. The molecule has 6 nitrogen and oxygen atoms in total. The molecule has 0 radical (unpaired) electrons. The van der Waals surface area contributed by atoms with Crippen LogP contribution in [0.5, 0.6) is 0 Å². The minimum atomic E-state index is -0.410. The molecule has 2 N–H and O–H groups in total. The number of rotatable bonds is 3. The number of carbonyl (C=O) groups excluding carboxylic acids is 1. The lowest BCUT2D eigenvalue weighted by Crippen LogP contribution is -2.15. The second-order valence-corrected chi connectivity index (χ2v) is 3.95. The molecule has 1 amide bonds. The molecule has 0 atom stereocenters. The lowest BCUT2D eigenvalue weighted by atomic mass is 10.2. The highest BCUT2D eigenvalue weighted by atomic mass is 16.5. The van der Waals surface area contributed by atoms with Crippen LogP contribution in [-0.2, 0) is 0 Å². The first-order valence-electron chi connectivity index (χ1n) is 6.00. The van der Waals surface area contributed by atoms with Crippen molar-refractivity contribution in [2.75, 3.05) is 11.9 Å². The summed E-state index contributed by atoms with van der Waals surface area (Å²) in [6, 6.07) is 5.00. The number of aryl methyl sites for hydroxylation is 1. The summed E-state index contributed by atoms with van der Waals surface area (Å²) in [5.41, 5.74) is 0.706. The van der Waals surface area contributed by atoms with Gasteiger partial charge in [0.1, 0.15) is 11.5 Å². The third-order valence-corrected chi connectivity index (χ3v) is 2.35. The Hall–Kier alpha value is -2.65. The molecule has 0 spiro atoms. The van der Waals surface area contributed by atoms with Crippen molar-refractivity contribution >= 4 is 11.7 Å². The second-order valence-electron chi connectivity index (χ2n) is 3.95. The van der Waals surface area contributed by atoms with Gasteiger partial charge in [0.05, 0.1) is 12.2 Å². The largest absolute Gasteiger partial charge is 0.395 e. The van der Waals surface area contributed by atoms with Gasteiger partial charge in [0.25, 0.3) is 5.91 Å². The number of aliphatic hydroxyl groups excluding tert-OH is 1. The van der Waals surface area contributed by atoms with E-state index in [2.05, 4.69) is 27.3 Å². The maximum atomic E-state index is 12.1. The molecule has 2 rings (SSSR count). The van der Waals surface area contributed by atoms with E-state index in [1.807, 2.05) is 0 Å². The third kappa shape index (κ3) is 3.43. The molecule has 0 aliphatic rings. The van der Waals surface area contributed by atoms with Gasteiger partial charge in [-0.1, -0.05) is 17.0 Å². The van der Waals surface area contributed by atoms with E-state index in [0.717, 1.165) is 0 Å². The van der Waals surface area contributed by atoms with Crippen LogP contribution in [0.4, 0.5) is 5.82 Å². The van der Waals surface area contributed by atoms with Crippen molar-refractivity contribution in [1.82, 2.24) is 10.1 Å². The quantitative estimate of drug-likeness (QED) is 0.823. The Labute approximate surface area is 115 Å². The van der Waals surface area contributed by atoms with Gasteiger partial charge in [0.2, 0.25) is 0 Å². The van der Waals surface area contributed by atoms with E-state index in [9.17, 15) is 4.79 Å². The number of anilines is 1. The lowest BCUT2D eigenvalue weighted by molar-refractivity contribution is 0.102. The summed E-state index contributed by atoms with van der Waals surface area (Å²) in [7, 11) is 0. The molecule has 2 aromatic heterocycles. The molecule has 0 aromatic carbocycles. The SMILES string of the molecule is Cc1cc(NC(=O)c2ncccc2C#CCCO)no1. The zero-order chi connectivity index (χ0) is 14.4. The van der Waals surface area contributed by atoms with Crippen LogP contribution in [0.3, 0.4) is 0 Å². The van der Waals surface area contributed by atoms with Crippen molar-refractivity contribution in [3.63, 3.8) is 0 Å². The molecule has 0 saturated carbocycles. The number of pyridine rings is 1. The van der Waals surface area contributed by atoms with Crippen molar-refractivity contribution in [2.45, 2.75) is 13.3 Å². The average molecular weight is 271 g/mol. The Balaban J connectivity index is 2.19. The minimum absolute atomic E-state index is 0.0208. The summed E-state index contributed by atoms with van der Waals surface area (Å²) >= 11 is 0. The van der Waals surface area contributed by atoms with Crippen molar-refractivity contribution < 1.29 is 14.4 Å². The Morgan fingerprint density at radius 3 is 3.10 bits per heavy atom. The number of aromatic nitrogens is 2. The van der Waals surface area contributed by atoms with E-state index < -0.39 is 5.91 Å². The molecule has 6 heteroatoms. The van der Waals surface area contributed by atoms with E-state index in [-0.39, 0.29) is 12.3 Å². The highest BCUT2D eigenvalue weighted by Gasteiger charge is 2.13. The molecule has 2 heterocycles. The predicted octanol–water partition coefficient (Wildman–Crippen LogP) is 1.36. The third-order valence-electron chi connectivity index (χ3n) is 2.35. The van der Waals surface area contributed by atoms with Crippen molar-refractivity contribution in [2.24, 2.45) is 0 Å². The highest BCUT2D eigenvalue weighted by Crippen LogP contribution is 2.10. The topological polar surface area (TPSA) is 88.2 Å². The average Bonchev–Trinajstić information content (AvgIpc) is 2.85. The van der Waals surface area contributed by atoms with E-state index in [0.29, 0.717) is 23.6 Å². The molecule has 102 valence electrons. The molecule has 0 saturated heterocycles. The normalized spacial score (nSPS) is 9.70. The molecule has 0 bridgehead atoms. The van der Waals surface area contributed by atoms with E-state index in [1.54, 1.807) is 25.1 Å². The van der Waals surface area contributed by atoms with Gasteiger partial charge in [0, 0.05) is 18.7 Å². The van der Waals surface area contributed by atoms with Crippen LogP contribution in [0.15, 0.2) is 28.9 Å². The standard InChI is InChI=1S/C14H13N3O3/c1-10-9-12(17-20-10)16-14(19)13-11(5-2-3-8-18)6-4-7-15-13/h4,6-7,9,18H,3,8H2,1H3,(H,16,17,19).